The summed E-state index contributed by atoms with van der Waals surface area (Å²) >= 11 is 6.52. The fraction of sp³-hybridized carbons (Fsp3) is 0.630. The van der Waals surface area contributed by atoms with E-state index in [4.69, 9.17) is 16.3 Å². The number of aryl methyl sites for hydroxylation is 1. The molecular weight excluding hydrogens is 404 g/mol. The summed E-state index contributed by atoms with van der Waals surface area (Å²) in [7, 11) is 0. The van der Waals surface area contributed by atoms with E-state index in [1.54, 1.807) is 12.4 Å². The molecule has 1 aromatic carbocycles. The van der Waals surface area contributed by atoms with Crippen LogP contribution in [-0.2, 0) is 6.42 Å². The highest BCUT2D eigenvalue weighted by atomic mass is 35.5. The molecule has 0 unspecified atom stereocenters. The Hall–Kier alpha value is -1.61. The van der Waals surface area contributed by atoms with Gasteiger partial charge in [0.05, 0.1) is 24.0 Å². The average molecular weight is 443 g/mol. The van der Waals surface area contributed by atoms with Gasteiger partial charge < -0.3 is 4.74 Å². The third kappa shape index (κ3) is 7.79. The van der Waals surface area contributed by atoms with Crippen LogP contribution in [-0.4, -0.2) is 16.6 Å². The van der Waals surface area contributed by atoms with Crippen molar-refractivity contribution in [2.24, 2.45) is 11.8 Å². The van der Waals surface area contributed by atoms with Crippen LogP contribution in [0.15, 0.2) is 30.6 Å². The van der Waals surface area contributed by atoms with Crippen LogP contribution in [0.4, 0.5) is 0 Å². The number of hydrogen-bond acceptors (Lipinski definition) is 3. The monoisotopic (exact) mass is 442 g/mol. The van der Waals surface area contributed by atoms with Crippen molar-refractivity contribution in [3.8, 4) is 17.1 Å². The van der Waals surface area contributed by atoms with Gasteiger partial charge in [0.1, 0.15) is 0 Å². The van der Waals surface area contributed by atoms with Crippen molar-refractivity contribution in [2.75, 3.05) is 6.61 Å². The van der Waals surface area contributed by atoms with Crippen LogP contribution in [0.2, 0.25) is 5.02 Å². The van der Waals surface area contributed by atoms with Gasteiger partial charge in [-0.25, -0.2) is 9.97 Å². The zero-order valence-electron chi connectivity index (χ0n) is 19.4. The second-order valence-corrected chi connectivity index (χ2v) is 9.61. The molecule has 31 heavy (non-hydrogen) atoms. The van der Waals surface area contributed by atoms with E-state index in [9.17, 15) is 0 Å². The largest absolute Gasteiger partial charge is 0.490 e. The minimum Gasteiger partial charge on any atom is -0.490 e. The highest BCUT2D eigenvalue weighted by Gasteiger charge is 2.21. The van der Waals surface area contributed by atoms with E-state index in [-0.39, 0.29) is 0 Å². The molecule has 0 radical (unpaired) electrons. The Balaban J connectivity index is 1.45. The summed E-state index contributed by atoms with van der Waals surface area (Å²) in [5, 5.41) is 0.721. The molecule has 0 spiro atoms. The van der Waals surface area contributed by atoms with Crippen molar-refractivity contribution in [1.82, 2.24) is 9.97 Å². The van der Waals surface area contributed by atoms with E-state index < -0.39 is 0 Å². The molecule has 1 heterocycles. The number of rotatable bonds is 12. The number of aromatic nitrogens is 2. The van der Waals surface area contributed by atoms with E-state index >= 15 is 0 Å². The van der Waals surface area contributed by atoms with Crippen molar-refractivity contribution in [2.45, 2.75) is 90.9 Å². The number of halogens is 1. The lowest BCUT2D eigenvalue weighted by molar-refractivity contribution is 0.177. The normalized spacial score (nSPS) is 18.8. The van der Waals surface area contributed by atoms with Gasteiger partial charge in [-0.3, -0.25) is 0 Å². The third-order valence-electron chi connectivity index (χ3n) is 6.64. The number of hydrogen-bond donors (Lipinski definition) is 0. The zero-order chi connectivity index (χ0) is 21.9. The van der Waals surface area contributed by atoms with Crippen LogP contribution in [0.5, 0.6) is 5.75 Å². The predicted octanol–water partition coefficient (Wildman–Crippen LogP) is 8.30. The summed E-state index contributed by atoms with van der Waals surface area (Å²) in [4.78, 5) is 9.02. The minimum absolute atomic E-state index is 0.657. The molecule has 1 aliphatic rings. The van der Waals surface area contributed by atoms with E-state index in [0.717, 1.165) is 35.3 Å². The van der Waals surface area contributed by atoms with Gasteiger partial charge in [0.25, 0.3) is 0 Å². The summed E-state index contributed by atoms with van der Waals surface area (Å²) in [6.45, 7) is 5.28. The van der Waals surface area contributed by atoms with Crippen LogP contribution in [0.25, 0.3) is 11.4 Å². The maximum atomic E-state index is 6.52. The zero-order valence-corrected chi connectivity index (χ0v) is 20.2. The van der Waals surface area contributed by atoms with Gasteiger partial charge in [-0.05, 0) is 55.2 Å². The van der Waals surface area contributed by atoms with Crippen LogP contribution >= 0.6 is 11.6 Å². The first kappa shape index (κ1) is 24.0. The quantitative estimate of drug-likeness (QED) is 0.310. The molecule has 0 atom stereocenters. The fourth-order valence-corrected chi connectivity index (χ4v) is 4.88. The van der Waals surface area contributed by atoms with Crippen LogP contribution in [0, 0.1) is 11.8 Å². The summed E-state index contributed by atoms with van der Waals surface area (Å²) in [6.07, 6.45) is 19.1. The van der Waals surface area contributed by atoms with E-state index in [2.05, 4.69) is 35.9 Å². The Bertz CT molecular complexity index is 769. The number of benzene rings is 1. The molecule has 2 aromatic rings. The van der Waals surface area contributed by atoms with E-state index in [1.807, 2.05) is 6.07 Å². The maximum Gasteiger partial charge on any atom is 0.160 e. The van der Waals surface area contributed by atoms with Crippen molar-refractivity contribution in [1.29, 1.82) is 0 Å². The molecular formula is C27H39ClN2O. The first-order chi connectivity index (χ1) is 15.2. The minimum atomic E-state index is 0.657. The van der Waals surface area contributed by atoms with Crippen molar-refractivity contribution < 1.29 is 4.74 Å². The average Bonchev–Trinajstić information content (AvgIpc) is 2.79. The van der Waals surface area contributed by atoms with Crippen molar-refractivity contribution >= 4 is 11.6 Å². The summed E-state index contributed by atoms with van der Waals surface area (Å²) in [5.41, 5.74) is 2.16. The molecule has 0 N–H and O–H groups in total. The molecule has 1 saturated carbocycles. The van der Waals surface area contributed by atoms with Gasteiger partial charge in [-0.1, -0.05) is 82.9 Å². The molecule has 1 aromatic heterocycles. The second-order valence-electron chi connectivity index (χ2n) is 9.21. The SMILES string of the molecule is CCCCCc1ccc(-c2ncc(OC[C@H]3CC[C@H](CCCCC)CC3)cn2)c(Cl)c1. The molecule has 170 valence electrons. The van der Waals surface area contributed by atoms with Crippen LogP contribution < -0.4 is 4.74 Å². The summed E-state index contributed by atoms with van der Waals surface area (Å²) < 4.78 is 6.02. The summed E-state index contributed by atoms with van der Waals surface area (Å²) in [5.74, 6) is 3.01. The molecule has 4 heteroatoms. The van der Waals surface area contributed by atoms with Gasteiger partial charge in [0.15, 0.2) is 11.6 Å². The Kier molecular flexibility index (Phi) is 10.1. The molecule has 0 bridgehead atoms. The molecule has 1 aliphatic carbocycles. The number of nitrogens with zero attached hydrogens (tertiary/aromatic N) is 2. The summed E-state index contributed by atoms with van der Waals surface area (Å²) in [6, 6.07) is 6.24. The Morgan fingerprint density at radius 3 is 2.26 bits per heavy atom. The third-order valence-corrected chi connectivity index (χ3v) is 6.95. The second kappa shape index (κ2) is 13.1. The van der Waals surface area contributed by atoms with Crippen molar-refractivity contribution in [3.05, 3.63) is 41.2 Å². The lowest BCUT2D eigenvalue weighted by Crippen LogP contribution is -2.20. The van der Waals surface area contributed by atoms with Gasteiger partial charge in [0, 0.05) is 5.56 Å². The van der Waals surface area contributed by atoms with Gasteiger partial charge in [-0.15, -0.1) is 0 Å². The smallest absolute Gasteiger partial charge is 0.160 e. The van der Waals surface area contributed by atoms with Crippen LogP contribution in [0.1, 0.15) is 90.0 Å². The van der Waals surface area contributed by atoms with Gasteiger partial charge >= 0.3 is 0 Å². The lowest BCUT2D eigenvalue weighted by Gasteiger charge is -2.28. The highest BCUT2D eigenvalue weighted by Crippen LogP contribution is 2.32. The van der Waals surface area contributed by atoms with Gasteiger partial charge in [0.2, 0.25) is 0 Å². The highest BCUT2D eigenvalue weighted by molar-refractivity contribution is 6.33. The molecule has 3 rings (SSSR count). The fourth-order valence-electron chi connectivity index (χ4n) is 4.59. The first-order valence-corrected chi connectivity index (χ1v) is 12.8. The Morgan fingerprint density at radius 1 is 0.903 bits per heavy atom. The topological polar surface area (TPSA) is 35.0 Å². The standard InChI is InChI=1S/C27H39ClN2O/c1-3-5-7-9-21-11-13-23(14-12-21)20-31-24-18-29-27(30-19-24)25-16-15-22(17-26(25)28)10-8-6-4-2/h15-19,21,23H,3-14,20H2,1-2H3/t21-,23-. The van der Waals surface area contributed by atoms with Crippen LogP contribution in [0.3, 0.4) is 0 Å². The first-order valence-electron chi connectivity index (χ1n) is 12.4. The molecule has 1 fully saturated rings. The molecule has 3 nitrogen and oxygen atoms in total. The van der Waals surface area contributed by atoms with Crippen molar-refractivity contribution in [3.63, 3.8) is 0 Å². The molecule has 0 saturated heterocycles. The van der Waals surface area contributed by atoms with Gasteiger partial charge in [-0.2, -0.15) is 0 Å². The predicted molar refractivity (Wildman–Crippen MR) is 131 cm³/mol. The molecule has 0 aliphatic heterocycles. The number of ether oxygens (including phenoxy) is 1. The van der Waals surface area contributed by atoms with E-state index in [1.165, 1.54) is 76.2 Å². The molecule has 0 amide bonds. The van der Waals surface area contributed by atoms with E-state index in [0.29, 0.717) is 11.7 Å². The Labute approximate surface area is 194 Å². The number of unbranched alkanes of at least 4 members (excludes halogenated alkanes) is 4. The lowest BCUT2D eigenvalue weighted by atomic mass is 9.80. The Morgan fingerprint density at radius 2 is 1.58 bits per heavy atom. The maximum absolute atomic E-state index is 6.52.